The molecule has 2 saturated heterocycles. The van der Waals surface area contributed by atoms with Crippen LogP contribution in [0.3, 0.4) is 0 Å². The number of imide groups is 1. The molecule has 2 aliphatic heterocycles. The van der Waals surface area contributed by atoms with E-state index in [2.05, 4.69) is 0 Å². The zero-order valence-corrected chi connectivity index (χ0v) is 23.6. The molecular weight excluding hydrogens is 540 g/mol. The molecule has 2 fully saturated rings. The third-order valence-electron chi connectivity index (χ3n) is 7.98. The summed E-state index contributed by atoms with van der Waals surface area (Å²) in [5, 5.41) is 3.48. The normalized spacial score (nSPS) is 19.6. The maximum atomic E-state index is 14.3. The van der Waals surface area contributed by atoms with Crippen LogP contribution in [0.25, 0.3) is 10.8 Å². The Kier molecular flexibility index (Phi) is 7.01. The van der Waals surface area contributed by atoms with Crippen LogP contribution in [-0.2, 0) is 21.0 Å². The summed E-state index contributed by atoms with van der Waals surface area (Å²) in [5.41, 5.74) is 3.14. The van der Waals surface area contributed by atoms with Gasteiger partial charge < -0.3 is 9.47 Å². The lowest BCUT2D eigenvalue weighted by Gasteiger charge is -2.29. The number of nitrogens with zero attached hydrogens (tertiary/aromatic N) is 2. The van der Waals surface area contributed by atoms with Gasteiger partial charge >= 0.3 is 0 Å². The van der Waals surface area contributed by atoms with Gasteiger partial charge in [0.15, 0.2) is 17.6 Å². The number of rotatable bonds is 8. The maximum Gasteiger partial charge on any atom is 0.266 e. The highest BCUT2D eigenvalue weighted by Gasteiger charge is 2.60. The Morgan fingerprint density at radius 2 is 1.44 bits per heavy atom. The molecule has 0 unspecified atom stereocenters. The SMILES string of the molecule is CCOc1cc([C@@H]2[C@@H]3C(=O)N(c4cccc5ccccc45)C(=O)[C@@H]3ON2c2ccccc2)ccc1OCc1ccccc1. The Bertz CT molecular complexity index is 1790. The van der Waals surface area contributed by atoms with E-state index in [1.807, 2.05) is 128 Å². The Labute approximate surface area is 249 Å². The van der Waals surface area contributed by atoms with E-state index in [9.17, 15) is 9.59 Å². The fraction of sp³-hybridized carbons (Fsp3) is 0.167. The maximum absolute atomic E-state index is 14.3. The van der Waals surface area contributed by atoms with Crippen molar-refractivity contribution < 1.29 is 23.9 Å². The van der Waals surface area contributed by atoms with Crippen molar-refractivity contribution in [1.29, 1.82) is 0 Å². The number of carbonyl (C=O) groups excluding carboxylic acids is 2. The van der Waals surface area contributed by atoms with E-state index in [-0.39, 0.29) is 11.8 Å². The van der Waals surface area contributed by atoms with E-state index in [1.165, 1.54) is 4.90 Å². The number of hydrogen-bond donors (Lipinski definition) is 0. The molecule has 7 heteroatoms. The number of amides is 2. The van der Waals surface area contributed by atoms with Crippen molar-refractivity contribution >= 4 is 34.0 Å². The fourth-order valence-corrected chi connectivity index (χ4v) is 6.02. The first kappa shape index (κ1) is 26.7. The highest BCUT2D eigenvalue weighted by atomic mass is 16.7. The molecule has 0 radical (unpaired) electrons. The molecule has 214 valence electrons. The first-order valence-electron chi connectivity index (χ1n) is 14.4. The van der Waals surface area contributed by atoms with Crippen LogP contribution >= 0.6 is 0 Å². The van der Waals surface area contributed by atoms with Gasteiger partial charge in [0.1, 0.15) is 12.5 Å². The van der Waals surface area contributed by atoms with Gasteiger partial charge in [-0.25, -0.2) is 9.96 Å². The van der Waals surface area contributed by atoms with Crippen LogP contribution in [0.5, 0.6) is 11.5 Å². The summed E-state index contributed by atoms with van der Waals surface area (Å²) in [6.45, 7) is 2.74. The van der Waals surface area contributed by atoms with Gasteiger partial charge in [-0.05, 0) is 53.8 Å². The average molecular weight is 571 g/mol. The number of fused-ring (bicyclic) bond motifs is 2. The van der Waals surface area contributed by atoms with Crippen LogP contribution in [0.1, 0.15) is 24.1 Å². The van der Waals surface area contributed by atoms with E-state index in [0.717, 1.165) is 27.6 Å². The minimum atomic E-state index is -0.971. The molecule has 3 atom stereocenters. The number of ether oxygens (including phenoxy) is 2. The number of anilines is 2. The first-order chi connectivity index (χ1) is 21.1. The number of para-hydroxylation sites is 1. The summed E-state index contributed by atoms with van der Waals surface area (Å²) in [7, 11) is 0. The molecule has 0 spiro atoms. The standard InChI is InChI=1S/C36H30N2O5/c1-2-41-31-22-26(20-21-30(31)42-23-24-12-5-3-6-13-24)33-32-34(43-38(33)27-16-7-4-8-17-27)36(40)37(35(32)39)29-19-11-15-25-14-9-10-18-28(25)29/h3-22,32-34H,2,23H2,1H3/t32-,33+,34+/m0/s1. The van der Waals surface area contributed by atoms with E-state index >= 15 is 0 Å². The lowest BCUT2D eigenvalue weighted by Crippen LogP contribution is -2.37. The highest BCUT2D eigenvalue weighted by molar-refractivity contribution is 6.26. The van der Waals surface area contributed by atoms with Gasteiger partial charge in [-0.3, -0.25) is 14.4 Å². The van der Waals surface area contributed by atoms with Gasteiger partial charge in [0.2, 0.25) is 5.91 Å². The minimum absolute atomic E-state index is 0.294. The Morgan fingerprint density at radius 3 is 2.23 bits per heavy atom. The lowest BCUT2D eigenvalue weighted by atomic mass is 9.90. The topological polar surface area (TPSA) is 68.3 Å². The van der Waals surface area contributed by atoms with E-state index in [1.54, 1.807) is 5.06 Å². The lowest BCUT2D eigenvalue weighted by molar-refractivity contribution is -0.126. The van der Waals surface area contributed by atoms with Crippen molar-refractivity contribution in [3.05, 3.63) is 132 Å². The molecule has 7 nitrogen and oxygen atoms in total. The van der Waals surface area contributed by atoms with Crippen LogP contribution in [-0.4, -0.2) is 24.5 Å². The third-order valence-corrected chi connectivity index (χ3v) is 7.98. The Balaban J connectivity index is 1.28. The van der Waals surface area contributed by atoms with Gasteiger partial charge in [-0.1, -0.05) is 91.0 Å². The van der Waals surface area contributed by atoms with Gasteiger partial charge in [0.05, 0.1) is 24.0 Å². The molecule has 43 heavy (non-hydrogen) atoms. The van der Waals surface area contributed by atoms with Crippen LogP contribution in [0.2, 0.25) is 0 Å². The molecule has 7 rings (SSSR count). The summed E-state index contributed by atoms with van der Waals surface area (Å²) in [4.78, 5) is 35.9. The van der Waals surface area contributed by atoms with Crippen molar-refractivity contribution in [3.63, 3.8) is 0 Å². The second-order valence-corrected chi connectivity index (χ2v) is 10.6. The van der Waals surface area contributed by atoms with Crippen molar-refractivity contribution in [1.82, 2.24) is 0 Å². The Hall–Kier alpha value is -5.14. The van der Waals surface area contributed by atoms with Crippen LogP contribution < -0.4 is 19.4 Å². The van der Waals surface area contributed by atoms with Crippen LogP contribution in [0.15, 0.2) is 121 Å². The predicted molar refractivity (Wildman–Crippen MR) is 165 cm³/mol. The molecule has 5 aromatic rings. The quantitative estimate of drug-likeness (QED) is 0.190. The zero-order chi connectivity index (χ0) is 29.3. The van der Waals surface area contributed by atoms with Gasteiger partial charge in [-0.15, -0.1) is 0 Å². The molecule has 0 bridgehead atoms. The fourth-order valence-electron chi connectivity index (χ4n) is 6.02. The molecule has 2 amide bonds. The summed E-state index contributed by atoms with van der Waals surface area (Å²) >= 11 is 0. The van der Waals surface area contributed by atoms with Crippen LogP contribution in [0, 0.1) is 5.92 Å². The highest BCUT2D eigenvalue weighted by Crippen LogP contribution is 2.49. The molecule has 2 heterocycles. The molecule has 0 aromatic heterocycles. The predicted octanol–water partition coefficient (Wildman–Crippen LogP) is 6.87. The summed E-state index contributed by atoms with van der Waals surface area (Å²) in [6, 6.07) is 38.0. The zero-order valence-electron chi connectivity index (χ0n) is 23.6. The number of hydroxylamine groups is 1. The summed E-state index contributed by atoms with van der Waals surface area (Å²) < 4.78 is 12.2. The second-order valence-electron chi connectivity index (χ2n) is 10.6. The summed E-state index contributed by atoms with van der Waals surface area (Å²) in [6.07, 6.45) is -0.971. The largest absolute Gasteiger partial charge is 0.490 e. The smallest absolute Gasteiger partial charge is 0.266 e. The average Bonchev–Trinajstić information content (AvgIpc) is 3.56. The van der Waals surface area contributed by atoms with Crippen molar-refractivity contribution in [2.75, 3.05) is 16.6 Å². The van der Waals surface area contributed by atoms with Gasteiger partial charge in [-0.2, -0.15) is 0 Å². The van der Waals surface area contributed by atoms with E-state index in [4.69, 9.17) is 14.3 Å². The first-order valence-corrected chi connectivity index (χ1v) is 14.4. The third kappa shape index (κ3) is 4.77. The summed E-state index contributed by atoms with van der Waals surface area (Å²) in [5.74, 6) is -0.269. The molecule has 2 aliphatic rings. The minimum Gasteiger partial charge on any atom is -0.490 e. The number of hydrogen-bond acceptors (Lipinski definition) is 6. The number of benzene rings is 5. The monoisotopic (exact) mass is 570 g/mol. The van der Waals surface area contributed by atoms with Crippen molar-refractivity contribution in [2.24, 2.45) is 5.92 Å². The van der Waals surface area contributed by atoms with E-state index in [0.29, 0.717) is 30.4 Å². The van der Waals surface area contributed by atoms with Crippen molar-refractivity contribution in [2.45, 2.75) is 25.7 Å². The molecule has 0 aliphatic carbocycles. The molecule has 5 aromatic carbocycles. The van der Waals surface area contributed by atoms with Crippen LogP contribution in [0.4, 0.5) is 11.4 Å². The van der Waals surface area contributed by atoms with Crippen molar-refractivity contribution in [3.8, 4) is 11.5 Å². The number of carbonyl (C=O) groups is 2. The second kappa shape index (κ2) is 11.3. The van der Waals surface area contributed by atoms with E-state index < -0.39 is 18.1 Å². The van der Waals surface area contributed by atoms with Gasteiger partial charge in [0.25, 0.3) is 5.91 Å². The van der Waals surface area contributed by atoms with Gasteiger partial charge in [0, 0.05) is 5.39 Å². The molecule has 0 N–H and O–H groups in total. The Morgan fingerprint density at radius 1 is 0.721 bits per heavy atom. The molecular formula is C36H30N2O5. The molecule has 0 saturated carbocycles.